The number of amides is 3. The number of nitrogens with one attached hydrogen (secondary N) is 2. The molecule has 2 N–H and O–H groups in total. The number of benzene rings is 1. The molecule has 1 aromatic carbocycles. The molecule has 0 spiro atoms. The number of halogens is 2. The van der Waals surface area contributed by atoms with E-state index >= 15 is 0 Å². The number of rotatable bonds is 9. The molecule has 34 heavy (non-hydrogen) atoms. The van der Waals surface area contributed by atoms with Crippen molar-refractivity contribution >= 4 is 46.3 Å². The number of carbonyl (C=O) groups excluding carboxylic acids is 3. The minimum Gasteiger partial charge on any atom is -0.467 e. The van der Waals surface area contributed by atoms with Gasteiger partial charge in [-0.05, 0) is 62.0 Å². The van der Waals surface area contributed by atoms with Crippen molar-refractivity contribution in [2.24, 2.45) is 0 Å². The van der Waals surface area contributed by atoms with E-state index in [1.807, 2.05) is 20.8 Å². The molecule has 0 bridgehead atoms. The molecule has 7 nitrogen and oxygen atoms in total. The molecule has 0 saturated heterocycles. The lowest BCUT2D eigenvalue weighted by Crippen LogP contribution is -2.52. The Kier molecular flexibility index (Phi) is 8.11. The van der Waals surface area contributed by atoms with Gasteiger partial charge >= 0.3 is 0 Å². The molecule has 3 amide bonds. The summed E-state index contributed by atoms with van der Waals surface area (Å²) in [4.78, 5) is 40.9. The summed E-state index contributed by atoms with van der Waals surface area (Å²) in [6.45, 7) is 5.22. The molecule has 0 aliphatic rings. The average molecular weight is 506 g/mol. The molecule has 10 heteroatoms. The van der Waals surface area contributed by atoms with Gasteiger partial charge in [-0.3, -0.25) is 19.3 Å². The Balaban J connectivity index is 2.00. The molecule has 3 aromatic rings. The van der Waals surface area contributed by atoms with Gasteiger partial charge in [0.2, 0.25) is 5.91 Å². The number of hydrogen-bond acceptors (Lipinski definition) is 5. The summed E-state index contributed by atoms with van der Waals surface area (Å²) in [5.74, 6) is -2.01. The number of thiophene rings is 1. The molecule has 1 atom stereocenters. The molecule has 2 heterocycles. The van der Waals surface area contributed by atoms with E-state index < -0.39 is 41.7 Å². The third-order valence-corrected chi connectivity index (χ3v) is 6.42. The zero-order chi connectivity index (χ0) is 24.9. The van der Waals surface area contributed by atoms with Crippen molar-refractivity contribution in [2.75, 3.05) is 11.4 Å². The largest absolute Gasteiger partial charge is 0.467 e. The van der Waals surface area contributed by atoms with E-state index in [4.69, 9.17) is 16.0 Å². The fraction of sp³-hybridized carbons (Fsp3) is 0.292. The van der Waals surface area contributed by atoms with Crippen LogP contribution in [0.2, 0.25) is 5.02 Å². The molecule has 0 unspecified atom stereocenters. The van der Waals surface area contributed by atoms with Crippen molar-refractivity contribution in [3.63, 3.8) is 0 Å². The fourth-order valence-corrected chi connectivity index (χ4v) is 3.93. The Bertz CT molecular complexity index is 1150. The molecular weight excluding hydrogens is 481 g/mol. The minimum atomic E-state index is -1.23. The van der Waals surface area contributed by atoms with Crippen LogP contribution in [0.4, 0.5) is 10.1 Å². The van der Waals surface area contributed by atoms with Crippen LogP contribution in [-0.2, 0) is 9.59 Å². The van der Waals surface area contributed by atoms with Crippen molar-refractivity contribution in [1.29, 1.82) is 0 Å². The minimum absolute atomic E-state index is 0.174. The van der Waals surface area contributed by atoms with Gasteiger partial charge in [-0.15, -0.1) is 11.3 Å². The highest BCUT2D eigenvalue weighted by atomic mass is 35.5. The maximum absolute atomic E-state index is 13.9. The maximum Gasteiger partial charge on any atom is 0.261 e. The Morgan fingerprint density at radius 3 is 2.56 bits per heavy atom. The first kappa shape index (κ1) is 25.5. The highest BCUT2D eigenvalue weighted by molar-refractivity contribution is 7.12. The van der Waals surface area contributed by atoms with E-state index in [1.54, 1.807) is 29.6 Å². The lowest BCUT2D eigenvalue weighted by atomic mass is 10.0. The summed E-state index contributed by atoms with van der Waals surface area (Å²) in [6, 6.07) is 8.99. The van der Waals surface area contributed by atoms with Crippen LogP contribution >= 0.6 is 22.9 Å². The zero-order valence-corrected chi connectivity index (χ0v) is 20.5. The van der Waals surface area contributed by atoms with Gasteiger partial charge in [0.15, 0.2) is 6.04 Å². The highest BCUT2D eigenvalue weighted by Crippen LogP contribution is 2.31. The molecule has 2 aromatic heterocycles. The van der Waals surface area contributed by atoms with Crippen molar-refractivity contribution in [3.05, 3.63) is 75.6 Å². The SMILES string of the molecule is CCC(C)(C)NC(=O)[C@H](c1ccco1)N(C(=O)CNC(=O)c1cccs1)c1ccc(F)c(Cl)c1. The standard InChI is InChI=1S/C24H25ClFN3O4S/c1-4-24(2,3)28-23(32)21(18-7-5-11-33-18)29(15-9-10-17(26)16(25)13-15)20(30)14-27-22(31)19-8-6-12-34-19/h5-13,21H,4,14H2,1-3H3,(H,27,31)(H,28,32)/t21-/m0/s1. The quantitative estimate of drug-likeness (QED) is 0.431. The third-order valence-electron chi connectivity index (χ3n) is 5.26. The first-order valence-electron chi connectivity index (χ1n) is 10.6. The lowest BCUT2D eigenvalue weighted by Gasteiger charge is -2.33. The summed E-state index contributed by atoms with van der Waals surface area (Å²) in [7, 11) is 0. The number of anilines is 1. The second kappa shape index (κ2) is 10.8. The van der Waals surface area contributed by atoms with Crippen molar-refractivity contribution in [3.8, 4) is 0 Å². The molecule has 0 aliphatic carbocycles. The van der Waals surface area contributed by atoms with Gasteiger partial charge < -0.3 is 15.1 Å². The summed E-state index contributed by atoms with van der Waals surface area (Å²) >= 11 is 7.22. The van der Waals surface area contributed by atoms with Crippen molar-refractivity contribution < 1.29 is 23.2 Å². The first-order valence-corrected chi connectivity index (χ1v) is 11.8. The zero-order valence-electron chi connectivity index (χ0n) is 18.9. The lowest BCUT2D eigenvalue weighted by molar-refractivity contribution is -0.128. The molecule has 0 fully saturated rings. The van der Waals surface area contributed by atoms with Crippen LogP contribution in [0.5, 0.6) is 0 Å². The number of hydrogen-bond donors (Lipinski definition) is 2. The van der Waals surface area contributed by atoms with E-state index in [-0.39, 0.29) is 16.5 Å². The molecule has 180 valence electrons. The van der Waals surface area contributed by atoms with Gasteiger partial charge in [-0.2, -0.15) is 0 Å². The normalized spacial score (nSPS) is 12.1. The van der Waals surface area contributed by atoms with E-state index in [2.05, 4.69) is 10.6 Å². The van der Waals surface area contributed by atoms with Crippen LogP contribution in [-0.4, -0.2) is 29.8 Å². The summed E-state index contributed by atoms with van der Waals surface area (Å²) in [5, 5.41) is 7.03. The second-order valence-electron chi connectivity index (χ2n) is 8.17. The van der Waals surface area contributed by atoms with Crippen LogP contribution in [0, 0.1) is 5.82 Å². The van der Waals surface area contributed by atoms with Crippen LogP contribution < -0.4 is 15.5 Å². The molecule has 0 radical (unpaired) electrons. The van der Waals surface area contributed by atoms with Crippen LogP contribution in [0.3, 0.4) is 0 Å². The number of carbonyl (C=O) groups is 3. The molecular formula is C24H25ClFN3O4S. The predicted octanol–water partition coefficient (Wildman–Crippen LogP) is 4.94. The van der Waals surface area contributed by atoms with Crippen LogP contribution in [0.1, 0.15) is 48.7 Å². The van der Waals surface area contributed by atoms with Gasteiger partial charge in [-0.25, -0.2) is 4.39 Å². The van der Waals surface area contributed by atoms with Gasteiger partial charge in [0.05, 0.1) is 22.7 Å². The Hall–Kier alpha value is -3.17. The Labute approximate surface area is 205 Å². The third kappa shape index (κ3) is 6.03. The fourth-order valence-electron chi connectivity index (χ4n) is 3.12. The predicted molar refractivity (Wildman–Crippen MR) is 130 cm³/mol. The smallest absolute Gasteiger partial charge is 0.261 e. The van der Waals surface area contributed by atoms with Crippen molar-refractivity contribution in [2.45, 2.75) is 38.8 Å². The maximum atomic E-state index is 13.9. The average Bonchev–Trinajstić information content (AvgIpc) is 3.51. The molecule has 3 rings (SSSR count). The Morgan fingerprint density at radius 2 is 1.97 bits per heavy atom. The van der Waals surface area contributed by atoms with Crippen LogP contribution in [0.15, 0.2) is 58.5 Å². The second-order valence-corrected chi connectivity index (χ2v) is 9.52. The van der Waals surface area contributed by atoms with E-state index in [1.165, 1.54) is 29.7 Å². The number of furan rings is 1. The van der Waals surface area contributed by atoms with E-state index in [9.17, 15) is 18.8 Å². The van der Waals surface area contributed by atoms with Gasteiger partial charge in [0, 0.05) is 11.2 Å². The van der Waals surface area contributed by atoms with E-state index in [0.717, 1.165) is 11.0 Å². The van der Waals surface area contributed by atoms with Crippen LogP contribution in [0.25, 0.3) is 0 Å². The topological polar surface area (TPSA) is 91.7 Å². The Morgan fingerprint density at radius 1 is 1.21 bits per heavy atom. The summed E-state index contributed by atoms with van der Waals surface area (Å²) in [6.07, 6.45) is 2.02. The van der Waals surface area contributed by atoms with Gasteiger partial charge in [-0.1, -0.05) is 24.6 Å². The first-order chi connectivity index (χ1) is 16.1. The van der Waals surface area contributed by atoms with Gasteiger partial charge in [0.1, 0.15) is 11.6 Å². The summed E-state index contributed by atoms with van der Waals surface area (Å²) < 4.78 is 19.4. The van der Waals surface area contributed by atoms with Gasteiger partial charge in [0.25, 0.3) is 11.8 Å². The molecule has 0 aliphatic heterocycles. The van der Waals surface area contributed by atoms with Crippen molar-refractivity contribution in [1.82, 2.24) is 10.6 Å². The molecule has 0 saturated carbocycles. The van der Waals surface area contributed by atoms with E-state index in [0.29, 0.717) is 11.3 Å². The highest BCUT2D eigenvalue weighted by Gasteiger charge is 2.37. The monoisotopic (exact) mass is 505 g/mol. The summed E-state index contributed by atoms with van der Waals surface area (Å²) in [5.41, 5.74) is -0.391. The number of nitrogens with zero attached hydrogens (tertiary/aromatic N) is 1.